The van der Waals surface area contributed by atoms with E-state index in [1.807, 2.05) is 6.92 Å². The summed E-state index contributed by atoms with van der Waals surface area (Å²) in [5.41, 5.74) is 6.03. The van der Waals surface area contributed by atoms with Crippen LogP contribution in [-0.4, -0.2) is 29.0 Å². The SMILES string of the molecule is Cc1nnc(CC(N)C2CCCO2)s1. The zero-order valence-electron chi connectivity index (χ0n) is 8.27. The highest BCUT2D eigenvalue weighted by molar-refractivity contribution is 7.11. The number of nitrogens with two attached hydrogens (primary N) is 1. The first kappa shape index (κ1) is 10.0. The van der Waals surface area contributed by atoms with Crippen LogP contribution in [0, 0.1) is 6.92 Å². The predicted octanol–water partition coefficient (Wildman–Crippen LogP) is 0.895. The van der Waals surface area contributed by atoms with Gasteiger partial charge in [0.05, 0.1) is 6.10 Å². The summed E-state index contributed by atoms with van der Waals surface area (Å²) in [4.78, 5) is 0. The van der Waals surface area contributed by atoms with Crippen LogP contribution in [0.1, 0.15) is 22.9 Å². The summed E-state index contributed by atoms with van der Waals surface area (Å²) in [6.45, 7) is 2.81. The number of aromatic nitrogens is 2. The molecule has 0 bridgehead atoms. The van der Waals surface area contributed by atoms with Gasteiger partial charge in [0.2, 0.25) is 0 Å². The molecule has 1 saturated heterocycles. The molecule has 78 valence electrons. The lowest BCUT2D eigenvalue weighted by Crippen LogP contribution is -2.36. The highest BCUT2D eigenvalue weighted by atomic mass is 32.1. The molecule has 4 nitrogen and oxygen atoms in total. The molecule has 0 spiro atoms. The van der Waals surface area contributed by atoms with Gasteiger partial charge in [-0.25, -0.2) is 0 Å². The summed E-state index contributed by atoms with van der Waals surface area (Å²) in [5, 5.41) is 10.0. The van der Waals surface area contributed by atoms with Gasteiger partial charge in [0.15, 0.2) is 0 Å². The highest BCUT2D eigenvalue weighted by Crippen LogP contribution is 2.18. The first-order valence-electron chi connectivity index (χ1n) is 4.92. The van der Waals surface area contributed by atoms with Crippen molar-refractivity contribution in [3.8, 4) is 0 Å². The van der Waals surface area contributed by atoms with Gasteiger partial charge in [0, 0.05) is 19.1 Å². The maximum absolute atomic E-state index is 6.03. The first-order chi connectivity index (χ1) is 6.75. The molecule has 2 rings (SSSR count). The van der Waals surface area contributed by atoms with Crippen LogP contribution in [0.2, 0.25) is 0 Å². The van der Waals surface area contributed by atoms with E-state index >= 15 is 0 Å². The summed E-state index contributed by atoms with van der Waals surface area (Å²) in [6, 6.07) is 0.0739. The monoisotopic (exact) mass is 213 g/mol. The van der Waals surface area contributed by atoms with E-state index in [-0.39, 0.29) is 12.1 Å². The van der Waals surface area contributed by atoms with Crippen LogP contribution in [0.5, 0.6) is 0 Å². The second-order valence-corrected chi connectivity index (χ2v) is 4.90. The summed E-state index contributed by atoms with van der Waals surface area (Å²) in [5.74, 6) is 0. The Morgan fingerprint density at radius 1 is 1.64 bits per heavy atom. The maximum Gasteiger partial charge on any atom is 0.119 e. The molecule has 0 amide bonds. The lowest BCUT2D eigenvalue weighted by atomic mass is 10.1. The summed E-state index contributed by atoms with van der Waals surface area (Å²) < 4.78 is 5.53. The summed E-state index contributed by atoms with van der Waals surface area (Å²) >= 11 is 1.62. The molecule has 1 fully saturated rings. The third-order valence-electron chi connectivity index (χ3n) is 2.42. The van der Waals surface area contributed by atoms with Crippen LogP contribution < -0.4 is 5.73 Å². The maximum atomic E-state index is 6.03. The van der Waals surface area contributed by atoms with Crippen LogP contribution in [0.3, 0.4) is 0 Å². The van der Waals surface area contributed by atoms with Crippen LogP contribution >= 0.6 is 11.3 Å². The molecule has 0 saturated carbocycles. The Hall–Kier alpha value is -0.520. The minimum Gasteiger partial charge on any atom is -0.377 e. The van der Waals surface area contributed by atoms with E-state index in [4.69, 9.17) is 10.5 Å². The van der Waals surface area contributed by atoms with Gasteiger partial charge in [-0.2, -0.15) is 0 Å². The Morgan fingerprint density at radius 2 is 2.50 bits per heavy atom. The Balaban J connectivity index is 1.90. The number of hydrogen-bond donors (Lipinski definition) is 1. The molecule has 2 atom stereocenters. The third-order valence-corrected chi connectivity index (χ3v) is 3.28. The molecule has 2 unspecified atom stereocenters. The second-order valence-electron chi connectivity index (χ2n) is 3.63. The van der Waals surface area contributed by atoms with E-state index in [0.29, 0.717) is 0 Å². The van der Waals surface area contributed by atoms with Crippen molar-refractivity contribution in [2.45, 2.75) is 38.3 Å². The van der Waals surface area contributed by atoms with Crippen molar-refractivity contribution >= 4 is 11.3 Å². The summed E-state index contributed by atoms with van der Waals surface area (Å²) in [7, 11) is 0. The van der Waals surface area contributed by atoms with E-state index in [9.17, 15) is 0 Å². The Morgan fingerprint density at radius 3 is 3.07 bits per heavy atom. The van der Waals surface area contributed by atoms with Crippen molar-refractivity contribution in [1.82, 2.24) is 10.2 Å². The fourth-order valence-electron chi connectivity index (χ4n) is 1.69. The molecule has 1 aromatic heterocycles. The van der Waals surface area contributed by atoms with E-state index in [0.717, 1.165) is 35.9 Å². The lowest BCUT2D eigenvalue weighted by Gasteiger charge is -2.16. The van der Waals surface area contributed by atoms with Gasteiger partial charge >= 0.3 is 0 Å². The van der Waals surface area contributed by atoms with E-state index in [1.54, 1.807) is 11.3 Å². The normalized spacial score (nSPS) is 24.0. The predicted molar refractivity (Wildman–Crippen MR) is 55.3 cm³/mol. The van der Waals surface area contributed by atoms with Crippen LogP contribution in [0.15, 0.2) is 0 Å². The van der Waals surface area contributed by atoms with Gasteiger partial charge in [-0.3, -0.25) is 0 Å². The zero-order chi connectivity index (χ0) is 9.97. The number of hydrogen-bond acceptors (Lipinski definition) is 5. The number of aryl methyl sites for hydroxylation is 1. The standard InChI is InChI=1S/C9H15N3OS/c1-6-11-12-9(14-6)5-7(10)8-3-2-4-13-8/h7-8H,2-5,10H2,1H3. The largest absolute Gasteiger partial charge is 0.377 e. The fraction of sp³-hybridized carbons (Fsp3) is 0.778. The van der Waals surface area contributed by atoms with Gasteiger partial charge in [0.1, 0.15) is 10.0 Å². The lowest BCUT2D eigenvalue weighted by molar-refractivity contribution is 0.0899. The van der Waals surface area contributed by atoms with E-state index < -0.39 is 0 Å². The smallest absolute Gasteiger partial charge is 0.119 e. The van der Waals surface area contributed by atoms with Gasteiger partial charge < -0.3 is 10.5 Å². The number of ether oxygens (including phenoxy) is 1. The molecular formula is C9H15N3OS. The minimum atomic E-state index is 0.0739. The molecule has 0 aromatic carbocycles. The molecule has 1 aromatic rings. The molecule has 14 heavy (non-hydrogen) atoms. The summed E-state index contributed by atoms with van der Waals surface area (Å²) in [6.07, 6.45) is 3.22. The fourth-order valence-corrected chi connectivity index (χ4v) is 2.47. The molecule has 0 radical (unpaired) electrons. The molecule has 2 N–H and O–H groups in total. The topological polar surface area (TPSA) is 61.0 Å². The van der Waals surface area contributed by atoms with Crippen molar-refractivity contribution in [3.05, 3.63) is 10.0 Å². The molecule has 2 heterocycles. The van der Waals surface area contributed by atoms with Gasteiger partial charge in [-0.1, -0.05) is 0 Å². The van der Waals surface area contributed by atoms with Crippen molar-refractivity contribution in [1.29, 1.82) is 0 Å². The van der Waals surface area contributed by atoms with E-state index in [2.05, 4.69) is 10.2 Å². The highest BCUT2D eigenvalue weighted by Gasteiger charge is 2.23. The van der Waals surface area contributed by atoms with Crippen molar-refractivity contribution in [2.24, 2.45) is 5.73 Å². The molecule has 0 aliphatic carbocycles. The van der Waals surface area contributed by atoms with Crippen molar-refractivity contribution in [2.75, 3.05) is 6.61 Å². The number of nitrogens with zero attached hydrogens (tertiary/aromatic N) is 2. The van der Waals surface area contributed by atoms with Gasteiger partial charge in [0.25, 0.3) is 0 Å². The van der Waals surface area contributed by atoms with E-state index in [1.165, 1.54) is 0 Å². The quantitative estimate of drug-likeness (QED) is 0.810. The average molecular weight is 213 g/mol. The third kappa shape index (κ3) is 2.29. The Kier molecular flexibility index (Phi) is 3.10. The number of rotatable bonds is 3. The average Bonchev–Trinajstić information content (AvgIpc) is 2.75. The van der Waals surface area contributed by atoms with Crippen LogP contribution in [0.25, 0.3) is 0 Å². The Bertz CT molecular complexity index is 296. The second kappa shape index (κ2) is 4.33. The zero-order valence-corrected chi connectivity index (χ0v) is 9.09. The van der Waals surface area contributed by atoms with Gasteiger partial charge in [-0.05, 0) is 19.8 Å². The molecule has 1 aliphatic rings. The van der Waals surface area contributed by atoms with Crippen LogP contribution in [0.4, 0.5) is 0 Å². The first-order valence-corrected chi connectivity index (χ1v) is 5.73. The van der Waals surface area contributed by atoms with Crippen molar-refractivity contribution < 1.29 is 4.74 Å². The van der Waals surface area contributed by atoms with Crippen molar-refractivity contribution in [3.63, 3.8) is 0 Å². The minimum absolute atomic E-state index is 0.0739. The molecule has 5 heteroatoms. The van der Waals surface area contributed by atoms with Gasteiger partial charge in [-0.15, -0.1) is 21.5 Å². The molecule has 1 aliphatic heterocycles. The van der Waals surface area contributed by atoms with Crippen LogP contribution in [-0.2, 0) is 11.2 Å². The Labute approximate surface area is 87.5 Å². The molecular weight excluding hydrogens is 198 g/mol.